The van der Waals surface area contributed by atoms with Crippen molar-refractivity contribution < 1.29 is 9.90 Å². The molecule has 2 atom stereocenters. The highest BCUT2D eigenvalue weighted by Crippen LogP contribution is 2.28. The molecular formula is C15H21NO2. The van der Waals surface area contributed by atoms with Crippen molar-refractivity contribution in [2.45, 2.75) is 39.2 Å². The van der Waals surface area contributed by atoms with E-state index in [1.165, 1.54) is 23.6 Å². The van der Waals surface area contributed by atoms with E-state index in [1.54, 1.807) is 4.90 Å². The van der Waals surface area contributed by atoms with E-state index in [0.29, 0.717) is 5.92 Å². The van der Waals surface area contributed by atoms with E-state index in [0.717, 1.165) is 19.5 Å². The fourth-order valence-corrected chi connectivity index (χ4v) is 2.74. The Bertz CT molecular complexity index is 434. The number of aliphatic hydroxyl groups is 1. The highest BCUT2D eigenvalue weighted by molar-refractivity contribution is 5.80. The number of rotatable bonds is 2. The first-order valence-corrected chi connectivity index (χ1v) is 6.52. The van der Waals surface area contributed by atoms with Crippen molar-refractivity contribution >= 4 is 5.91 Å². The Hall–Kier alpha value is -1.35. The number of nitrogens with zero attached hydrogens (tertiary/aromatic N) is 1. The predicted molar refractivity (Wildman–Crippen MR) is 71.5 cm³/mol. The van der Waals surface area contributed by atoms with Crippen LogP contribution in [0.1, 0.15) is 36.0 Å². The van der Waals surface area contributed by atoms with Gasteiger partial charge in [-0.2, -0.15) is 0 Å². The molecule has 1 heterocycles. The molecule has 0 aliphatic carbocycles. The van der Waals surface area contributed by atoms with Gasteiger partial charge in [0.1, 0.15) is 6.10 Å². The number of benzene rings is 1. The number of likely N-dealkylation sites (tertiary alicyclic amines) is 1. The number of carbonyl (C=O) groups is 1. The summed E-state index contributed by atoms with van der Waals surface area (Å²) < 4.78 is 0. The van der Waals surface area contributed by atoms with Gasteiger partial charge in [0.2, 0.25) is 0 Å². The predicted octanol–water partition coefficient (Wildman–Crippen LogP) is 2.00. The van der Waals surface area contributed by atoms with Crippen molar-refractivity contribution in [3.63, 3.8) is 0 Å². The molecule has 1 aromatic rings. The molecule has 1 aliphatic rings. The van der Waals surface area contributed by atoms with Gasteiger partial charge in [0, 0.05) is 19.0 Å². The highest BCUT2D eigenvalue weighted by atomic mass is 16.3. The summed E-state index contributed by atoms with van der Waals surface area (Å²) in [6, 6.07) is 6.57. The van der Waals surface area contributed by atoms with E-state index < -0.39 is 6.10 Å². The van der Waals surface area contributed by atoms with Crippen LogP contribution in [0.4, 0.5) is 0 Å². The molecule has 1 amide bonds. The van der Waals surface area contributed by atoms with Gasteiger partial charge in [-0.1, -0.05) is 29.3 Å². The van der Waals surface area contributed by atoms with Gasteiger partial charge in [0.15, 0.2) is 0 Å². The summed E-state index contributed by atoms with van der Waals surface area (Å²) in [6.45, 7) is 7.22. The molecule has 1 fully saturated rings. The normalized spacial score (nSPS) is 21.1. The Morgan fingerprint density at radius 2 is 1.94 bits per heavy atom. The summed E-state index contributed by atoms with van der Waals surface area (Å²) in [5, 5.41) is 9.34. The number of aliphatic hydroxyl groups excluding tert-OH is 1. The average Bonchev–Trinajstić information content (AvgIpc) is 2.75. The maximum absolute atomic E-state index is 11.7. The molecule has 3 nitrogen and oxygen atoms in total. The molecule has 3 heteroatoms. The molecule has 1 aliphatic heterocycles. The standard InChI is InChI=1S/C15H21NO2/c1-10-6-11(2)8-14(7-10)13-4-5-16(9-13)15(18)12(3)17/h6-8,12-13,17H,4-5,9H2,1-3H3/t12-,13-/m0/s1. The average molecular weight is 247 g/mol. The zero-order chi connectivity index (χ0) is 13.3. The number of carbonyl (C=O) groups excluding carboxylic acids is 1. The maximum Gasteiger partial charge on any atom is 0.251 e. The molecule has 0 unspecified atom stereocenters. The van der Waals surface area contributed by atoms with Crippen LogP contribution in [0.15, 0.2) is 18.2 Å². The van der Waals surface area contributed by atoms with Gasteiger partial charge in [-0.3, -0.25) is 4.79 Å². The van der Waals surface area contributed by atoms with Crippen LogP contribution in [0.3, 0.4) is 0 Å². The summed E-state index contributed by atoms with van der Waals surface area (Å²) in [4.78, 5) is 13.5. The van der Waals surface area contributed by atoms with Crippen molar-refractivity contribution in [3.05, 3.63) is 34.9 Å². The van der Waals surface area contributed by atoms with Gasteiger partial charge >= 0.3 is 0 Å². The van der Waals surface area contributed by atoms with E-state index in [9.17, 15) is 9.90 Å². The van der Waals surface area contributed by atoms with Crippen molar-refractivity contribution in [2.24, 2.45) is 0 Å². The van der Waals surface area contributed by atoms with Gasteiger partial charge in [-0.25, -0.2) is 0 Å². The van der Waals surface area contributed by atoms with Gasteiger partial charge in [0.05, 0.1) is 0 Å². The van der Waals surface area contributed by atoms with Gasteiger partial charge in [-0.05, 0) is 32.8 Å². The van der Waals surface area contributed by atoms with Gasteiger partial charge in [0.25, 0.3) is 5.91 Å². The topological polar surface area (TPSA) is 40.5 Å². The lowest BCUT2D eigenvalue weighted by atomic mass is 9.95. The van der Waals surface area contributed by atoms with Crippen LogP contribution in [0.25, 0.3) is 0 Å². The Labute approximate surface area is 108 Å². The summed E-state index contributed by atoms with van der Waals surface area (Å²) in [6.07, 6.45) is 0.101. The minimum Gasteiger partial charge on any atom is -0.384 e. The third kappa shape index (κ3) is 2.72. The maximum atomic E-state index is 11.7. The summed E-state index contributed by atoms with van der Waals surface area (Å²) in [5.41, 5.74) is 3.85. The van der Waals surface area contributed by atoms with Crippen LogP contribution in [0.5, 0.6) is 0 Å². The van der Waals surface area contributed by atoms with E-state index in [2.05, 4.69) is 32.0 Å². The van der Waals surface area contributed by atoms with Crippen molar-refractivity contribution in [2.75, 3.05) is 13.1 Å². The van der Waals surface area contributed by atoms with E-state index >= 15 is 0 Å². The smallest absolute Gasteiger partial charge is 0.251 e. The number of aryl methyl sites for hydroxylation is 2. The molecule has 18 heavy (non-hydrogen) atoms. The second-order valence-electron chi connectivity index (χ2n) is 5.37. The molecule has 0 radical (unpaired) electrons. The van der Waals surface area contributed by atoms with Crippen molar-refractivity contribution in [1.82, 2.24) is 4.90 Å². The zero-order valence-electron chi connectivity index (χ0n) is 11.3. The number of hydrogen-bond acceptors (Lipinski definition) is 2. The molecule has 98 valence electrons. The second-order valence-corrected chi connectivity index (χ2v) is 5.37. The SMILES string of the molecule is Cc1cc(C)cc([C@H]2CCN(C(=O)[C@H](C)O)C2)c1. The lowest BCUT2D eigenvalue weighted by molar-refractivity contribution is -0.138. The molecule has 0 saturated carbocycles. The third-order valence-electron chi connectivity index (χ3n) is 3.57. The van der Waals surface area contributed by atoms with Crippen LogP contribution >= 0.6 is 0 Å². The van der Waals surface area contributed by atoms with Crippen LogP contribution in [0.2, 0.25) is 0 Å². The van der Waals surface area contributed by atoms with Crippen LogP contribution < -0.4 is 0 Å². The first kappa shape index (κ1) is 13.1. The van der Waals surface area contributed by atoms with Crippen molar-refractivity contribution in [1.29, 1.82) is 0 Å². The van der Waals surface area contributed by atoms with Crippen LogP contribution in [-0.4, -0.2) is 35.1 Å². The second kappa shape index (κ2) is 5.11. The third-order valence-corrected chi connectivity index (χ3v) is 3.57. The van der Waals surface area contributed by atoms with E-state index in [4.69, 9.17) is 0 Å². The first-order valence-electron chi connectivity index (χ1n) is 6.52. The lowest BCUT2D eigenvalue weighted by Crippen LogP contribution is -2.35. The summed E-state index contributed by atoms with van der Waals surface area (Å²) >= 11 is 0. The molecule has 0 aromatic heterocycles. The number of amides is 1. The minimum absolute atomic E-state index is 0.151. The van der Waals surface area contributed by atoms with Gasteiger partial charge < -0.3 is 10.0 Å². The molecule has 1 N–H and O–H groups in total. The molecule has 1 saturated heterocycles. The lowest BCUT2D eigenvalue weighted by Gasteiger charge is -2.18. The Morgan fingerprint density at radius 1 is 1.33 bits per heavy atom. The van der Waals surface area contributed by atoms with Crippen LogP contribution in [0, 0.1) is 13.8 Å². The monoisotopic (exact) mass is 247 g/mol. The molecule has 1 aromatic carbocycles. The van der Waals surface area contributed by atoms with Crippen molar-refractivity contribution in [3.8, 4) is 0 Å². The Balaban J connectivity index is 2.11. The fourth-order valence-electron chi connectivity index (χ4n) is 2.74. The molecule has 2 rings (SSSR count). The minimum atomic E-state index is -0.886. The summed E-state index contributed by atoms with van der Waals surface area (Å²) in [7, 11) is 0. The largest absolute Gasteiger partial charge is 0.384 e. The number of hydrogen-bond donors (Lipinski definition) is 1. The Morgan fingerprint density at radius 3 is 2.50 bits per heavy atom. The highest BCUT2D eigenvalue weighted by Gasteiger charge is 2.29. The fraction of sp³-hybridized carbons (Fsp3) is 0.533. The molecular weight excluding hydrogens is 226 g/mol. The quantitative estimate of drug-likeness (QED) is 0.868. The Kier molecular flexibility index (Phi) is 3.71. The molecule has 0 spiro atoms. The molecule has 0 bridgehead atoms. The van der Waals surface area contributed by atoms with E-state index in [1.807, 2.05) is 0 Å². The van der Waals surface area contributed by atoms with Gasteiger partial charge in [-0.15, -0.1) is 0 Å². The first-order chi connectivity index (χ1) is 8.47. The van der Waals surface area contributed by atoms with Crippen LogP contribution in [-0.2, 0) is 4.79 Å². The zero-order valence-corrected chi connectivity index (χ0v) is 11.3. The summed E-state index contributed by atoms with van der Waals surface area (Å²) in [5.74, 6) is 0.258. The van der Waals surface area contributed by atoms with E-state index in [-0.39, 0.29) is 5.91 Å².